The summed E-state index contributed by atoms with van der Waals surface area (Å²) >= 11 is 0. The number of anilines is 4. The predicted molar refractivity (Wildman–Crippen MR) is 382 cm³/mol. The Hall–Kier alpha value is -9.02. The first-order valence-electron chi connectivity index (χ1n) is 33.6. The first-order chi connectivity index (χ1) is 45.0. The number of ether oxygens (including phenoxy) is 1. The summed E-state index contributed by atoms with van der Waals surface area (Å²) < 4.78 is 9.74. The van der Waals surface area contributed by atoms with Crippen LogP contribution < -0.4 is 14.5 Å². The van der Waals surface area contributed by atoms with Crippen molar-refractivity contribution >= 4 is 66.1 Å². The molecule has 3 heterocycles. The topological polar surface area (TPSA) is 33.5 Å². The molecule has 6 heteroatoms. The molecule has 93 heavy (non-hydrogen) atoms. The average Bonchev–Trinajstić information content (AvgIpc) is 1.04. The number of para-hydroxylation sites is 4. The Morgan fingerprint density at radius 2 is 1.09 bits per heavy atom. The van der Waals surface area contributed by atoms with Gasteiger partial charge < -0.3 is 19.1 Å². The van der Waals surface area contributed by atoms with Crippen LogP contribution in [-0.4, -0.2) is 9.55 Å². The summed E-state index contributed by atoms with van der Waals surface area (Å²) in [6.45, 7) is 16.2. The number of hydrogen-bond acceptors (Lipinski definition) is 4. The minimum atomic E-state index is -0.165. The Morgan fingerprint density at radius 3 is 1.76 bits per heavy atom. The van der Waals surface area contributed by atoms with Crippen LogP contribution >= 0.6 is 0 Å². The van der Waals surface area contributed by atoms with Crippen LogP contribution in [0, 0.1) is 42.5 Å². The summed E-state index contributed by atoms with van der Waals surface area (Å²) in [4.78, 5) is 10.1. The van der Waals surface area contributed by atoms with Crippen molar-refractivity contribution in [3.63, 3.8) is 0 Å². The molecule has 0 atom stereocenters. The van der Waals surface area contributed by atoms with E-state index >= 15 is 0 Å². The third-order valence-corrected chi connectivity index (χ3v) is 21.5. The van der Waals surface area contributed by atoms with E-state index in [0.717, 1.165) is 90.0 Å². The summed E-state index contributed by atoms with van der Waals surface area (Å²) in [6.07, 6.45) is 8.59. The van der Waals surface area contributed by atoms with Crippen LogP contribution in [0.4, 0.5) is 22.7 Å². The molecule has 0 N–H and O–H groups in total. The molecule has 0 radical (unpaired) electrons. The van der Waals surface area contributed by atoms with Gasteiger partial charge in [-0.3, -0.25) is 0 Å². The van der Waals surface area contributed by atoms with Gasteiger partial charge in [-0.15, -0.1) is 53.6 Å². The summed E-state index contributed by atoms with van der Waals surface area (Å²) in [6, 6.07) is 93.2. The molecule has 2 aromatic heterocycles. The van der Waals surface area contributed by atoms with Crippen LogP contribution in [0.5, 0.6) is 11.5 Å². The maximum atomic E-state index is 7.38. The average molecular weight is 1390 g/mol. The summed E-state index contributed by atoms with van der Waals surface area (Å²) in [5, 5.41) is 7.61. The second-order valence-electron chi connectivity index (χ2n) is 27.7. The molecule has 18 rings (SSSR count). The zero-order chi connectivity index (χ0) is 61.9. The number of aromatic nitrogens is 2. The Labute approximate surface area is 562 Å². The standard InChI is InChI=1S/C87H75N4O.Pt/c1-54(2)62-48-77(55(3)4)85(78(49-62)56(5)6)63-46-67(89-53-90(82-34-18-17-33-81(82)89)86-71(59-21-9-7-10-22-59)28-19-29-72(86)60-23-11-8-12-24-60)51-69(47-63)92-68-36-38-76-75-27-15-16-32-80(75)91(83(76)52-68)84-50-64(39-40-88-84)87(65-42-57-41-58(44-65)45-66(87)43-57)79-31-20-30-73-70-26-14-13-25-61(70)35-37-74(73)79;/h7-40,46-50,53-58,65-66H,41-45H2,1-6H3;/q-3;. The Bertz CT molecular complexity index is 4910. The van der Waals surface area contributed by atoms with E-state index in [1.54, 1.807) is 0 Å². The van der Waals surface area contributed by atoms with E-state index in [0.29, 0.717) is 29.3 Å². The molecule has 5 aliphatic rings. The zero-order valence-corrected chi connectivity index (χ0v) is 56.0. The molecule has 0 unspecified atom stereocenters. The van der Waals surface area contributed by atoms with E-state index in [1.165, 1.54) is 87.0 Å². The molecule has 4 fully saturated rings. The van der Waals surface area contributed by atoms with Crippen molar-refractivity contribution in [2.24, 2.45) is 23.7 Å². The van der Waals surface area contributed by atoms with Gasteiger partial charge >= 0.3 is 0 Å². The molecule has 4 bridgehead atoms. The fourth-order valence-electron chi connectivity index (χ4n) is 17.6. The normalized spacial score (nSPS) is 19.0. The van der Waals surface area contributed by atoms with Crippen molar-refractivity contribution in [3.05, 3.63) is 283 Å². The molecular formula is C87H75N4OPt-3. The van der Waals surface area contributed by atoms with Gasteiger partial charge in [-0.25, -0.2) is 4.98 Å². The molecule has 1 aliphatic heterocycles. The quantitative estimate of drug-likeness (QED) is 0.0851. The Morgan fingerprint density at radius 1 is 0.484 bits per heavy atom. The van der Waals surface area contributed by atoms with Gasteiger partial charge in [-0.2, -0.15) is 6.07 Å². The summed E-state index contributed by atoms with van der Waals surface area (Å²) in [5.41, 5.74) is 19.8. The number of hydrogen-bond donors (Lipinski definition) is 0. The molecular weight excluding hydrogens is 1310 g/mol. The van der Waals surface area contributed by atoms with Crippen molar-refractivity contribution in [2.45, 2.75) is 96.8 Å². The van der Waals surface area contributed by atoms with E-state index in [-0.39, 0.29) is 38.3 Å². The van der Waals surface area contributed by atoms with Crippen molar-refractivity contribution in [3.8, 4) is 50.7 Å². The predicted octanol–water partition coefficient (Wildman–Crippen LogP) is 23.4. The number of nitrogens with zero attached hydrogens (tertiary/aromatic N) is 4. The minimum absolute atomic E-state index is 0. The van der Waals surface area contributed by atoms with Gasteiger partial charge in [-0.1, -0.05) is 223 Å². The second kappa shape index (κ2) is 23.5. The number of fused-ring (bicyclic) bond motifs is 7. The van der Waals surface area contributed by atoms with Crippen molar-refractivity contribution in [1.29, 1.82) is 0 Å². The van der Waals surface area contributed by atoms with Crippen LogP contribution in [0.1, 0.15) is 119 Å². The van der Waals surface area contributed by atoms with E-state index in [4.69, 9.17) is 9.72 Å². The van der Waals surface area contributed by atoms with E-state index < -0.39 is 0 Å². The van der Waals surface area contributed by atoms with Gasteiger partial charge in [0.2, 0.25) is 0 Å². The molecule has 0 amide bonds. The summed E-state index contributed by atoms with van der Waals surface area (Å²) in [5.74, 6) is 5.71. The van der Waals surface area contributed by atoms with E-state index in [1.807, 2.05) is 0 Å². The third-order valence-electron chi connectivity index (χ3n) is 21.5. The van der Waals surface area contributed by atoms with Gasteiger partial charge in [0.15, 0.2) is 0 Å². The molecule has 4 aliphatic carbocycles. The van der Waals surface area contributed by atoms with Gasteiger partial charge in [0, 0.05) is 77.9 Å². The van der Waals surface area contributed by atoms with Crippen molar-refractivity contribution in [1.82, 2.24) is 9.55 Å². The van der Waals surface area contributed by atoms with Crippen molar-refractivity contribution in [2.75, 3.05) is 9.80 Å². The molecule has 0 saturated heterocycles. The van der Waals surface area contributed by atoms with Gasteiger partial charge in [-0.05, 0) is 175 Å². The number of benzene rings is 11. The number of rotatable bonds is 13. The van der Waals surface area contributed by atoms with Gasteiger partial charge in [0.05, 0.1) is 0 Å². The smallest absolute Gasteiger partial charge is 0.135 e. The maximum Gasteiger partial charge on any atom is 0.135 e. The van der Waals surface area contributed by atoms with E-state index in [9.17, 15) is 0 Å². The van der Waals surface area contributed by atoms with Crippen molar-refractivity contribution < 1.29 is 25.8 Å². The molecule has 11 aromatic carbocycles. The molecule has 462 valence electrons. The van der Waals surface area contributed by atoms with Crippen LogP contribution in [0.25, 0.3) is 82.5 Å². The Kier molecular flexibility index (Phi) is 14.9. The maximum absolute atomic E-state index is 7.38. The monoisotopic (exact) mass is 1390 g/mol. The summed E-state index contributed by atoms with van der Waals surface area (Å²) in [7, 11) is 0. The van der Waals surface area contributed by atoms with Crippen LogP contribution in [0.15, 0.2) is 237 Å². The van der Waals surface area contributed by atoms with Crippen LogP contribution in [0.3, 0.4) is 0 Å². The minimum Gasteiger partial charge on any atom is -0.509 e. The molecule has 13 aromatic rings. The molecule has 5 nitrogen and oxygen atoms in total. The first kappa shape index (κ1) is 59.0. The van der Waals surface area contributed by atoms with Gasteiger partial charge in [0.1, 0.15) is 5.82 Å². The zero-order valence-electron chi connectivity index (χ0n) is 53.7. The Balaban J connectivity index is 0.00000686. The fourth-order valence-corrected chi connectivity index (χ4v) is 17.6. The second-order valence-corrected chi connectivity index (χ2v) is 27.7. The molecule has 0 spiro atoms. The first-order valence-corrected chi connectivity index (χ1v) is 33.6. The van der Waals surface area contributed by atoms with E-state index in [2.05, 4.69) is 311 Å². The number of pyridine rings is 1. The van der Waals surface area contributed by atoms with Gasteiger partial charge in [0.25, 0.3) is 0 Å². The fraction of sp³-hybridized carbons (Fsp3) is 0.218. The molecule has 4 saturated carbocycles. The van der Waals surface area contributed by atoms with Crippen LogP contribution in [0.2, 0.25) is 0 Å². The third kappa shape index (κ3) is 9.77. The van der Waals surface area contributed by atoms with Crippen LogP contribution in [-0.2, 0) is 26.5 Å². The largest absolute Gasteiger partial charge is 0.509 e. The SMILES string of the molecule is CC(C)c1cc(C(C)C)c(-c2cc(Oc3[c-]c4c(cc3)c3ccccc3n4-c3cc(C4(c5cccc6c5ccc5ccccc56)C5CC6CC(C5)CC4C6)ccn3)[c-]c(N3[CH-]N(c4c(-c5ccccc5)cccc4-c4ccccc4)c4ccccc43)c2)c(C(C)C)c1.[Pt].